The highest BCUT2D eigenvalue weighted by atomic mass is 16.7. The van der Waals surface area contributed by atoms with Crippen LogP contribution in [-0.4, -0.2) is 51.7 Å². The molecule has 2 N–H and O–H groups in total. The fraction of sp³-hybridized carbons (Fsp3) is 0.600. The zero-order valence-electron chi connectivity index (χ0n) is 18.5. The summed E-state index contributed by atoms with van der Waals surface area (Å²) in [6.45, 7) is 5.72. The van der Waals surface area contributed by atoms with Gasteiger partial charge in [0.1, 0.15) is 6.61 Å². The molecule has 0 saturated carbocycles. The van der Waals surface area contributed by atoms with E-state index in [2.05, 4.69) is 6.92 Å². The fourth-order valence-corrected chi connectivity index (χ4v) is 6.50. The van der Waals surface area contributed by atoms with Gasteiger partial charge in [-0.15, -0.1) is 0 Å². The molecule has 0 saturated heterocycles. The van der Waals surface area contributed by atoms with Crippen LogP contribution < -0.4 is 0 Å². The molecule has 31 heavy (non-hydrogen) atoms. The van der Waals surface area contributed by atoms with Gasteiger partial charge in [0, 0.05) is 29.0 Å². The van der Waals surface area contributed by atoms with Crippen molar-refractivity contribution < 1.29 is 24.6 Å². The SMILES string of the molecule is CCCN1O[C@@]2(C(=O)CO)C(=CC(=O)C3=C[C@H](C)[C@@H](O)C[C@@]32C)C2=C1C1=C(CCC1)C2. The molecule has 0 bridgehead atoms. The van der Waals surface area contributed by atoms with Crippen LogP contribution in [0, 0.1) is 11.3 Å². The molecule has 0 fully saturated rings. The van der Waals surface area contributed by atoms with Gasteiger partial charge in [-0.1, -0.05) is 32.4 Å². The van der Waals surface area contributed by atoms with E-state index < -0.39 is 29.5 Å². The van der Waals surface area contributed by atoms with Crippen LogP contribution in [0.15, 0.2) is 45.7 Å². The molecule has 166 valence electrons. The number of rotatable bonds is 4. The Kier molecular flexibility index (Phi) is 4.70. The minimum absolute atomic E-state index is 0.121. The molecule has 0 amide bonds. The first-order valence-electron chi connectivity index (χ1n) is 11.5. The van der Waals surface area contributed by atoms with Crippen LogP contribution in [0.5, 0.6) is 0 Å². The second-order valence-corrected chi connectivity index (χ2v) is 9.86. The van der Waals surface area contributed by atoms with Crippen LogP contribution >= 0.6 is 0 Å². The Bertz CT molecular complexity index is 1000. The molecule has 5 rings (SSSR count). The number of allylic oxidation sites excluding steroid dienone is 3. The Balaban J connectivity index is 1.78. The zero-order valence-corrected chi connectivity index (χ0v) is 18.5. The molecule has 1 aliphatic heterocycles. The third kappa shape index (κ3) is 2.55. The summed E-state index contributed by atoms with van der Waals surface area (Å²) in [5.41, 5.74) is 3.21. The number of fused-ring (bicyclic) bond motifs is 5. The maximum atomic E-state index is 13.6. The average Bonchev–Trinajstić information content (AvgIpc) is 3.32. The summed E-state index contributed by atoms with van der Waals surface area (Å²) in [5.74, 6) is -0.768. The summed E-state index contributed by atoms with van der Waals surface area (Å²) in [4.78, 5) is 33.6. The highest BCUT2D eigenvalue weighted by Gasteiger charge is 2.67. The third-order valence-corrected chi connectivity index (χ3v) is 8.02. The van der Waals surface area contributed by atoms with Gasteiger partial charge < -0.3 is 10.2 Å². The summed E-state index contributed by atoms with van der Waals surface area (Å²) < 4.78 is 0. The Labute approximate surface area is 182 Å². The summed E-state index contributed by atoms with van der Waals surface area (Å²) in [6, 6.07) is 0. The van der Waals surface area contributed by atoms with Gasteiger partial charge in [-0.3, -0.25) is 19.5 Å². The predicted molar refractivity (Wildman–Crippen MR) is 114 cm³/mol. The lowest BCUT2D eigenvalue weighted by molar-refractivity contribution is -0.249. The molecular weight excluding hydrogens is 394 g/mol. The van der Waals surface area contributed by atoms with Gasteiger partial charge in [-0.25, -0.2) is 0 Å². The third-order valence-electron chi connectivity index (χ3n) is 8.02. The first kappa shape index (κ1) is 20.9. The first-order chi connectivity index (χ1) is 14.8. The lowest BCUT2D eigenvalue weighted by Crippen LogP contribution is -2.66. The Morgan fingerprint density at radius 1 is 1.29 bits per heavy atom. The zero-order chi connectivity index (χ0) is 22.1. The smallest absolute Gasteiger partial charge is 0.198 e. The molecule has 4 atom stereocenters. The van der Waals surface area contributed by atoms with E-state index in [1.807, 2.05) is 18.9 Å². The average molecular weight is 426 g/mol. The monoisotopic (exact) mass is 425 g/mol. The molecule has 0 aromatic rings. The largest absolute Gasteiger partial charge is 0.392 e. The number of carbonyl (C=O) groups excluding carboxylic acids is 2. The topological polar surface area (TPSA) is 87.1 Å². The lowest BCUT2D eigenvalue weighted by atomic mass is 9.52. The minimum atomic E-state index is -1.52. The predicted octanol–water partition coefficient (Wildman–Crippen LogP) is 2.92. The van der Waals surface area contributed by atoms with E-state index in [-0.39, 0.29) is 18.1 Å². The van der Waals surface area contributed by atoms with E-state index >= 15 is 0 Å². The van der Waals surface area contributed by atoms with Gasteiger partial charge in [0.05, 0.1) is 11.8 Å². The summed E-state index contributed by atoms with van der Waals surface area (Å²) >= 11 is 0. The number of hydrogen-bond donors (Lipinski definition) is 2. The van der Waals surface area contributed by atoms with E-state index in [0.29, 0.717) is 17.7 Å². The molecule has 6 heteroatoms. The molecule has 5 aliphatic rings. The van der Waals surface area contributed by atoms with Crippen molar-refractivity contribution in [2.45, 2.75) is 71.0 Å². The summed E-state index contributed by atoms with van der Waals surface area (Å²) in [7, 11) is 0. The van der Waals surface area contributed by atoms with Crippen molar-refractivity contribution >= 4 is 11.6 Å². The van der Waals surface area contributed by atoms with Gasteiger partial charge >= 0.3 is 0 Å². The van der Waals surface area contributed by atoms with E-state index in [0.717, 1.165) is 43.4 Å². The normalized spacial score (nSPS) is 36.7. The molecule has 0 aromatic heterocycles. The van der Waals surface area contributed by atoms with Crippen LogP contribution in [-0.2, 0) is 14.4 Å². The number of aliphatic hydroxyl groups excluding tert-OH is 2. The molecule has 4 aliphatic carbocycles. The number of hydroxylamine groups is 2. The van der Waals surface area contributed by atoms with Crippen molar-refractivity contribution in [1.82, 2.24) is 5.06 Å². The second-order valence-electron chi connectivity index (χ2n) is 9.86. The van der Waals surface area contributed by atoms with Crippen LogP contribution in [0.2, 0.25) is 0 Å². The standard InChI is InChI=1S/C25H31NO5/c1-4-8-26-23-16-7-5-6-15(16)10-17(23)18-11-20(28)19-9-14(2)21(29)12-24(19,3)25(18,31-26)22(30)13-27/h9,11,14,21,27,29H,4-8,10,12-13H2,1-3H3/t14-,21-,24-,25+/m0/s1. The maximum Gasteiger partial charge on any atom is 0.198 e. The van der Waals surface area contributed by atoms with E-state index in [1.54, 1.807) is 12.2 Å². The van der Waals surface area contributed by atoms with Crippen molar-refractivity contribution in [3.63, 3.8) is 0 Å². The second kappa shape index (κ2) is 6.99. The quantitative estimate of drug-likeness (QED) is 0.720. The van der Waals surface area contributed by atoms with Crippen LogP contribution in [0.4, 0.5) is 0 Å². The molecule has 6 nitrogen and oxygen atoms in total. The van der Waals surface area contributed by atoms with Crippen molar-refractivity contribution in [2.24, 2.45) is 11.3 Å². The fourth-order valence-electron chi connectivity index (χ4n) is 6.50. The number of ketones is 2. The lowest BCUT2D eigenvalue weighted by Gasteiger charge is -2.57. The number of carbonyl (C=O) groups is 2. The molecule has 0 radical (unpaired) electrons. The molecule has 1 heterocycles. The van der Waals surface area contributed by atoms with Crippen molar-refractivity contribution in [1.29, 1.82) is 0 Å². The van der Waals surface area contributed by atoms with Gasteiger partial charge in [0.25, 0.3) is 0 Å². The summed E-state index contributed by atoms with van der Waals surface area (Å²) in [5, 5.41) is 22.7. The first-order valence-corrected chi connectivity index (χ1v) is 11.5. The highest BCUT2D eigenvalue weighted by Crippen LogP contribution is 2.62. The Morgan fingerprint density at radius 2 is 2.06 bits per heavy atom. The van der Waals surface area contributed by atoms with E-state index in [1.165, 1.54) is 11.1 Å². The van der Waals surface area contributed by atoms with Gasteiger partial charge in [-0.05, 0) is 55.7 Å². The highest BCUT2D eigenvalue weighted by molar-refractivity contribution is 6.12. The van der Waals surface area contributed by atoms with Crippen LogP contribution in [0.1, 0.15) is 59.3 Å². The van der Waals surface area contributed by atoms with E-state index in [9.17, 15) is 19.8 Å². The van der Waals surface area contributed by atoms with Gasteiger partial charge in [0.2, 0.25) is 0 Å². The number of nitrogens with zero attached hydrogens (tertiary/aromatic N) is 1. The number of Topliss-reactive ketones (excluding diaryl/α,β-unsaturated/α-hetero) is 1. The van der Waals surface area contributed by atoms with Crippen molar-refractivity contribution in [3.05, 3.63) is 45.7 Å². The van der Waals surface area contributed by atoms with Crippen LogP contribution in [0.25, 0.3) is 0 Å². The van der Waals surface area contributed by atoms with E-state index in [4.69, 9.17) is 4.84 Å². The Morgan fingerprint density at radius 3 is 2.77 bits per heavy atom. The maximum absolute atomic E-state index is 13.6. The van der Waals surface area contributed by atoms with Crippen molar-refractivity contribution in [3.8, 4) is 0 Å². The van der Waals surface area contributed by atoms with Gasteiger partial charge in [-0.2, -0.15) is 0 Å². The van der Waals surface area contributed by atoms with Crippen molar-refractivity contribution in [2.75, 3.05) is 13.2 Å². The minimum Gasteiger partial charge on any atom is -0.392 e. The molecule has 0 spiro atoms. The Hall–Kier alpha value is -2.02. The number of aliphatic hydroxyl groups is 2. The molecular formula is C25H31NO5. The summed E-state index contributed by atoms with van der Waals surface area (Å²) in [6.07, 6.45) is 7.59. The molecule has 0 aromatic carbocycles. The number of hydrogen-bond acceptors (Lipinski definition) is 6. The van der Waals surface area contributed by atoms with Gasteiger partial charge in [0.15, 0.2) is 17.2 Å². The van der Waals surface area contributed by atoms with Crippen LogP contribution in [0.3, 0.4) is 0 Å². The molecule has 0 unspecified atom stereocenters.